The van der Waals surface area contributed by atoms with Gasteiger partial charge < -0.3 is 5.32 Å². The van der Waals surface area contributed by atoms with Crippen LogP contribution in [0.1, 0.15) is 18.2 Å². The van der Waals surface area contributed by atoms with E-state index in [0.717, 1.165) is 29.6 Å². The molecule has 2 aromatic heterocycles. The molecule has 0 fully saturated rings. The van der Waals surface area contributed by atoms with Crippen molar-refractivity contribution in [2.24, 2.45) is 0 Å². The third-order valence-corrected chi connectivity index (χ3v) is 4.03. The van der Waals surface area contributed by atoms with Crippen LogP contribution in [0.2, 0.25) is 0 Å². The van der Waals surface area contributed by atoms with Crippen molar-refractivity contribution in [1.82, 2.24) is 15.2 Å². The van der Waals surface area contributed by atoms with Crippen LogP contribution in [0.25, 0.3) is 0 Å². The van der Waals surface area contributed by atoms with E-state index >= 15 is 0 Å². The summed E-state index contributed by atoms with van der Waals surface area (Å²) in [4.78, 5) is 16.0. The fraction of sp³-hybridized carbons (Fsp3) is 0.364. The topological polar surface area (TPSA) is 117 Å². The van der Waals surface area contributed by atoms with Crippen LogP contribution in [0.15, 0.2) is 11.6 Å². The highest BCUT2D eigenvalue weighted by molar-refractivity contribution is 7.92. The summed E-state index contributed by atoms with van der Waals surface area (Å²) in [6, 6.07) is 0. The van der Waals surface area contributed by atoms with Crippen molar-refractivity contribution in [2.75, 3.05) is 16.3 Å². The van der Waals surface area contributed by atoms with Gasteiger partial charge in [0.15, 0.2) is 5.13 Å². The molecule has 0 atom stereocenters. The number of aryl methyl sites for hydroxylation is 1. The number of nitrogens with one attached hydrogen (secondary N) is 3. The number of sulfonamides is 1. The summed E-state index contributed by atoms with van der Waals surface area (Å²) in [6.45, 7) is 1.96. The molecule has 2 rings (SSSR count). The lowest BCUT2D eigenvalue weighted by Crippen LogP contribution is -2.16. The molecule has 21 heavy (non-hydrogen) atoms. The van der Waals surface area contributed by atoms with Crippen LogP contribution in [0, 0.1) is 0 Å². The van der Waals surface area contributed by atoms with Gasteiger partial charge in [0.2, 0.25) is 15.9 Å². The number of carbonyl (C=O) groups excluding carboxylic acids is 1. The molecule has 0 aliphatic carbocycles. The van der Waals surface area contributed by atoms with Gasteiger partial charge in [0.05, 0.1) is 24.6 Å². The Morgan fingerprint density at radius 1 is 1.48 bits per heavy atom. The van der Waals surface area contributed by atoms with Crippen molar-refractivity contribution in [3.05, 3.63) is 22.8 Å². The smallest absolute Gasteiger partial charge is 0.231 e. The molecule has 0 bridgehead atoms. The van der Waals surface area contributed by atoms with E-state index < -0.39 is 10.0 Å². The Balaban J connectivity index is 1.97. The number of carbonyl (C=O) groups is 1. The van der Waals surface area contributed by atoms with Gasteiger partial charge in [0.25, 0.3) is 0 Å². The van der Waals surface area contributed by atoms with Crippen LogP contribution in [-0.4, -0.2) is 35.8 Å². The fourth-order valence-corrected chi connectivity index (χ4v) is 3.19. The molecule has 0 unspecified atom stereocenters. The zero-order valence-corrected chi connectivity index (χ0v) is 13.1. The van der Waals surface area contributed by atoms with E-state index in [2.05, 4.69) is 25.2 Å². The first-order chi connectivity index (χ1) is 9.87. The fourth-order valence-electron chi connectivity index (χ4n) is 1.63. The number of hydrogen-bond acceptors (Lipinski definition) is 6. The molecule has 0 aliphatic rings. The van der Waals surface area contributed by atoms with Crippen LogP contribution in [-0.2, 0) is 27.7 Å². The van der Waals surface area contributed by atoms with Gasteiger partial charge >= 0.3 is 0 Å². The third-order valence-electron chi connectivity index (χ3n) is 2.53. The van der Waals surface area contributed by atoms with Gasteiger partial charge in [-0.15, -0.1) is 11.3 Å². The number of aromatic nitrogens is 3. The molecule has 0 spiro atoms. The number of nitrogens with zero attached hydrogens (tertiary/aromatic N) is 2. The molecule has 1 amide bonds. The summed E-state index contributed by atoms with van der Waals surface area (Å²) < 4.78 is 24.4. The zero-order valence-electron chi connectivity index (χ0n) is 11.5. The first kappa shape index (κ1) is 15.4. The minimum atomic E-state index is -3.36. The number of hydrogen-bond donors (Lipinski definition) is 3. The molecule has 8 nitrogen and oxygen atoms in total. The Kier molecular flexibility index (Phi) is 4.58. The molecule has 0 saturated carbocycles. The average molecular weight is 329 g/mol. The Labute approximate surface area is 126 Å². The SMILES string of the molecule is CCc1cn[nH]c1NC(=O)Cc1csc(NS(C)(=O)=O)n1. The summed E-state index contributed by atoms with van der Waals surface area (Å²) in [6.07, 6.45) is 3.52. The van der Waals surface area contributed by atoms with Gasteiger partial charge in [0.1, 0.15) is 5.82 Å². The molecular formula is C11H15N5O3S2. The maximum atomic E-state index is 11.9. The zero-order chi connectivity index (χ0) is 15.5. The van der Waals surface area contributed by atoms with E-state index in [4.69, 9.17) is 0 Å². The van der Waals surface area contributed by atoms with Crippen molar-refractivity contribution < 1.29 is 13.2 Å². The van der Waals surface area contributed by atoms with Crippen LogP contribution >= 0.6 is 11.3 Å². The molecule has 0 aliphatic heterocycles. The predicted molar refractivity (Wildman–Crippen MR) is 80.9 cm³/mol. The minimum Gasteiger partial charge on any atom is -0.311 e. The van der Waals surface area contributed by atoms with Gasteiger partial charge in [-0.1, -0.05) is 6.92 Å². The lowest BCUT2D eigenvalue weighted by molar-refractivity contribution is -0.115. The highest BCUT2D eigenvalue weighted by Crippen LogP contribution is 2.17. The van der Waals surface area contributed by atoms with E-state index in [1.165, 1.54) is 0 Å². The Hall–Kier alpha value is -1.94. The van der Waals surface area contributed by atoms with Crippen molar-refractivity contribution in [2.45, 2.75) is 19.8 Å². The van der Waals surface area contributed by atoms with Crippen molar-refractivity contribution in [1.29, 1.82) is 0 Å². The standard InChI is InChI=1S/C11H15N5O3S2/c1-3-7-5-12-15-10(7)14-9(17)4-8-6-20-11(13-8)16-21(2,18)19/h5-6H,3-4H2,1-2H3,(H,13,16)(H2,12,14,15,17). The minimum absolute atomic E-state index is 0.0596. The van der Waals surface area contributed by atoms with E-state index in [1.54, 1.807) is 11.6 Å². The maximum Gasteiger partial charge on any atom is 0.231 e. The van der Waals surface area contributed by atoms with Gasteiger partial charge in [-0.25, -0.2) is 13.4 Å². The van der Waals surface area contributed by atoms with Gasteiger partial charge in [-0.05, 0) is 6.42 Å². The number of amides is 1. The molecule has 0 radical (unpaired) electrons. The number of rotatable bonds is 6. The van der Waals surface area contributed by atoms with Crippen LogP contribution in [0.5, 0.6) is 0 Å². The molecule has 114 valence electrons. The first-order valence-electron chi connectivity index (χ1n) is 6.11. The van der Waals surface area contributed by atoms with Crippen molar-refractivity contribution >= 4 is 38.2 Å². The van der Waals surface area contributed by atoms with Crippen molar-refractivity contribution in [3.8, 4) is 0 Å². The number of anilines is 2. The van der Waals surface area contributed by atoms with Crippen LogP contribution < -0.4 is 10.0 Å². The van der Waals surface area contributed by atoms with Crippen molar-refractivity contribution in [3.63, 3.8) is 0 Å². The first-order valence-corrected chi connectivity index (χ1v) is 8.88. The molecule has 2 aromatic rings. The van der Waals surface area contributed by atoms with Gasteiger partial charge in [-0.2, -0.15) is 5.10 Å². The van der Waals surface area contributed by atoms with E-state index in [-0.39, 0.29) is 17.5 Å². The summed E-state index contributed by atoms with van der Waals surface area (Å²) in [5.41, 5.74) is 1.42. The highest BCUT2D eigenvalue weighted by Gasteiger charge is 2.12. The summed E-state index contributed by atoms with van der Waals surface area (Å²) in [7, 11) is -3.36. The predicted octanol–water partition coefficient (Wildman–Crippen LogP) is 0.981. The molecule has 0 aromatic carbocycles. The quantitative estimate of drug-likeness (QED) is 0.730. The number of thiazole rings is 1. The largest absolute Gasteiger partial charge is 0.311 e. The third kappa shape index (κ3) is 4.53. The van der Waals surface area contributed by atoms with E-state index in [0.29, 0.717) is 11.5 Å². The van der Waals surface area contributed by atoms with E-state index in [1.807, 2.05) is 6.92 Å². The van der Waals surface area contributed by atoms with Gasteiger partial charge in [0, 0.05) is 10.9 Å². The average Bonchev–Trinajstić information content (AvgIpc) is 2.96. The second-order valence-electron chi connectivity index (χ2n) is 4.37. The molecule has 3 N–H and O–H groups in total. The number of H-pyrrole nitrogens is 1. The Bertz CT molecular complexity index is 735. The molecular weight excluding hydrogens is 314 g/mol. The Morgan fingerprint density at radius 2 is 2.24 bits per heavy atom. The maximum absolute atomic E-state index is 11.9. The normalized spacial score (nSPS) is 11.3. The van der Waals surface area contributed by atoms with Crippen LogP contribution in [0.4, 0.5) is 10.9 Å². The molecule has 2 heterocycles. The summed E-state index contributed by atoms with van der Waals surface area (Å²) in [5, 5.41) is 11.2. The van der Waals surface area contributed by atoms with Crippen LogP contribution in [0.3, 0.4) is 0 Å². The lowest BCUT2D eigenvalue weighted by Gasteiger charge is -2.03. The Morgan fingerprint density at radius 3 is 2.90 bits per heavy atom. The van der Waals surface area contributed by atoms with E-state index in [9.17, 15) is 13.2 Å². The second-order valence-corrected chi connectivity index (χ2v) is 6.97. The summed E-state index contributed by atoms with van der Waals surface area (Å²) >= 11 is 1.13. The molecule has 10 heteroatoms. The molecule has 0 saturated heterocycles. The highest BCUT2D eigenvalue weighted by atomic mass is 32.2. The monoisotopic (exact) mass is 329 g/mol. The number of aromatic amines is 1. The van der Waals surface area contributed by atoms with Gasteiger partial charge in [-0.3, -0.25) is 14.6 Å². The lowest BCUT2D eigenvalue weighted by atomic mass is 10.2. The summed E-state index contributed by atoms with van der Waals surface area (Å²) in [5.74, 6) is 0.331. The second kappa shape index (κ2) is 6.22.